The zero-order valence-electron chi connectivity index (χ0n) is 25.3. The average Bonchev–Trinajstić information content (AvgIpc) is 3.45. The van der Waals surface area contributed by atoms with Crippen molar-refractivity contribution in [2.75, 3.05) is 48.2 Å². The molecule has 0 radical (unpaired) electrons. The van der Waals surface area contributed by atoms with E-state index in [0.717, 1.165) is 42.9 Å². The smallest absolute Gasteiger partial charge is 0.264 e. The van der Waals surface area contributed by atoms with Gasteiger partial charge >= 0.3 is 0 Å². The third-order valence-corrected chi connectivity index (χ3v) is 9.36. The molecule has 3 aliphatic rings. The lowest BCUT2D eigenvalue weighted by Crippen LogP contribution is -2.55. The van der Waals surface area contributed by atoms with Crippen LogP contribution in [0.25, 0.3) is 0 Å². The standard InChI is InChI=1S/C35H40N4O5/c1-25(9-6-7-20-40)35(43)30-22-29(44-2)14-15-31(30)37(33(35)42)23-26-10-8-13-28(21-26)38-24-39(27-11-4-3-5-12-27)34(32(38)41)16-18-36-19-17-34/h3-6,8-15,21-22,25,36,40,43H,7,16-20,23-24H2,1-2H3/b9-6+/t25-,35+/m0/s1. The Morgan fingerprint density at radius 1 is 0.977 bits per heavy atom. The second kappa shape index (κ2) is 12.1. The molecule has 9 nitrogen and oxygen atoms in total. The van der Waals surface area contributed by atoms with Crippen LogP contribution in [0.15, 0.2) is 84.9 Å². The first-order valence-corrected chi connectivity index (χ1v) is 15.3. The van der Waals surface area contributed by atoms with E-state index < -0.39 is 23.0 Å². The number of carbonyl (C=O) groups excluding carboxylic acids is 2. The predicted molar refractivity (Wildman–Crippen MR) is 171 cm³/mol. The molecular weight excluding hydrogens is 556 g/mol. The van der Waals surface area contributed by atoms with E-state index in [1.54, 1.807) is 49.3 Å². The summed E-state index contributed by atoms with van der Waals surface area (Å²) in [6.45, 7) is 4.01. The molecular formula is C35H40N4O5. The van der Waals surface area contributed by atoms with Crippen molar-refractivity contribution in [2.45, 2.75) is 43.9 Å². The van der Waals surface area contributed by atoms with E-state index in [2.05, 4.69) is 22.3 Å². The van der Waals surface area contributed by atoms with Crippen LogP contribution in [0.3, 0.4) is 0 Å². The number of piperidine rings is 1. The fourth-order valence-electron chi connectivity index (χ4n) is 6.90. The van der Waals surface area contributed by atoms with Crippen LogP contribution in [0, 0.1) is 5.92 Å². The van der Waals surface area contributed by atoms with Crippen molar-refractivity contribution in [1.29, 1.82) is 0 Å². The number of para-hydroxylation sites is 1. The van der Waals surface area contributed by atoms with Crippen molar-refractivity contribution in [3.8, 4) is 5.75 Å². The van der Waals surface area contributed by atoms with Crippen LogP contribution in [-0.4, -0.2) is 61.0 Å². The molecule has 2 amide bonds. The lowest BCUT2D eigenvalue weighted by atomic mass is 9.83. The molecule has 3 aromatic rings. The summed E-state index contributed by atoms with van der Waals surface area (Å²) in [4.78, 5) is 33.9. The summed E-state index contributed by atoms with van der Waals surface area (Å²) >= 11 is 0. The fourth-order valence-corrected chi connectivity index (χ4v) is 6.90. The number of amides is 2. The molecule has 0 bridgehead atoms. The Hall–Kier alpha value is -4.18. The normalized spacial score (nSPS) is 21.9. The number of methoxy groups -OCH3 is 1. The van der Waals surface area contributed by atoms with Crippen LogP contribution >= 0.6 is 0 Å². The molecule has 9 heteroatoms. The van der Waals surface area contributed by atoms with Crippen LogP contribution in [0.5, 0.6) is 5.75 Å². The lowest BCUT2D eigenvalue weighted by Gasteiger charge is -2.39. The SMILES string of the molecule is COc1ccc2c(c1)[C@](O)([C@@H](C)/C=C/CCO)C(=O)N2Cc1cccc(N2CN(c3ccccc3)C3(CCNCC3)C2=O)c1. The van der Waals surface area contributed by atoms with E-state index in [-0.39, 0.29) is 19.1 Å². The molecule has 0 aliphatic carbocycles. The summed E-state index contributed by atoms with van der Waals surface area (Å²) in [5, 5.41) is 24.6. The Kier molecular flexibility index (Phi) is 8.20. The van der Waals surface area contributed by atoms with Gasteiger partial charge in [0, 0.05) is 29.5 Å². The quantitative estimate of drug-likeness (QED) is 0.322. The number of carbonyl (C=O) groups is 2. The molecule has 2 atom stereocenters. The van der Waals surface area contributed by atoms with Crippen molar-refractivity contribution >= 4 is 28.9 Å². The molecule has 0 aromatic heterocycles. The number of nitrogens with one attached hydrogen (secondary N) is 1. The summed E-state index contributed by atoms with van der Waals surface area (Å²) in [6.07, 6.45) is 5.44. The maximum absolute atomic E-state index is 14.2. The molecule has 6 rings (SSSR count). The maximum Gasteiger partial charge on any atom is 0.264 e. The van der Waals surface area contributed by atoms with Gasteiger partial charge in [-0.05, 0) is 80.4 Å². The van der Waals surface area contributed by atoms with Gasteiger partial charge < -0.3 is 30.1 Å². The van der Waals surface area contributed by atoms with E-state index >= 15 is 0 Å². The van der Waals surface area contributed by atoms with Crippen LogP contribution in [-0.2, 0) is 21.7 Å². The van der Waals surface area contributed by atoms with Crippen LogP contribution in [0.2, 0.25) is 0 Å². The highest BCUT2D eigenvalue weighted by atomic mass is 16.5. The van der Waals surface area contributed by atoms with E-state index in [4.69, 9.17) is 4.74 Å². The fraction of sp³-hybridized carbons (Fsp3) is 0.371. The molecule has 3 heterocycles. The zero-order chi connectivity index (χ0) is 30.9. The van der Waals surface area contributed by atoms with Gasteiger partial charge in [-0.25, -0.2) is 0 Å². The van der Waals surface area contributed by atoms with E-state index in [0.29, 0.717) is 30.1 Å². The lowest BCUT2D eigenvalue weighted by molar-refractivity contribution is -0.139. The molecule has 1 spiro atoms. The summed E-state index contributed by atoms with van der Waals surface area (Å²) in [5.74, 6) is -0.329. The first-order valence-electron chi connectivity index (χ1n) is 15.3. The second-order valence-electron chi connectivity index (χ2n) is 11.9. The predicted octanol–water partition coefficient (Wildman–Crippen LogP) is 3.94. The average molecular weight is 597 g/mol. The second-order valence-corrected chi connectivity index (χ2v) is 11.9. The first kappa shape index (κ1) is 29.9. The number of aliphatic hydroxyl groups is 2. The number of ether oxygens (including phenoxy) is 1. The minimum absolute atomic E-state index is 0.0108. The summed E-state index contributed by atoms with van der Waals surface area (Å²) in [6, 6.07) is 23.2. The minimum atomic E-state index is -1.80. The van der Waals surface area contributed by atoms with Crippen molar-refractivity contribution in [2.24, 2.45) is 5.92 Å². The number of nitrogens with zero attached hydrogens (tertiary/aromatic N) is 3. The first-order chi connectivity index (χ1) is 21.3. The largest absolute Gasteiger partial charge is 0.497 e. The molecule has 2 fully saturated rings. The summed E-state index contributed by atoms with van der Waals surface area (Å²) in [5.41, 5.74) is 1.35. The highest BCUT2D eigenvalue weighted by molar-refractivity contribution is 6.08. The van der Waals surface area contributed by atoms with Crippen molar-refractivity contribution in [1.82, 2.24) is 5.32 Å². The Morgan fingerprint density at radius 3 is 2.45 bits per heavy atom. The Balaban J connectivity index is 1.32. The van der Waals surface area contributed by atoms with Gasteiger partial charge in [0.15, 0.2) is 5.60 Å². The highest BCUT2D eigenvalue weighted by Gasteiger charge is 2.54. The highest BCUT2D eigenvalue weighted by Crippen LogP contribution is 2.47. The van der Waals surface area contributed by atoms with Gasteiger partial charge in [-0.2, -0.15) is 0 Å². The van der Waals surface area contributed by atoms with E-state index in [1.165, 1.54) is 0 Å². The molecule has 3 aromatic carbocycles. The molecule has 3 aliphatic heterocycles. The van der Waals surface area contributed by atoms with Crippen molar-refractivity contribution in [3.05, 3.63) is 96.1 Å². The number of aliphatic hydroxyl groups excluding tert-OH is 1. The Labute approximate surface area is 258 Å². The van der Waals surface area contributed by atoms with E-state index in [9.17, 15) is 19.8 Å². The number of anilines is 3. The van der Waals surface area contributed by atoms with E-state index in [1.807, 2.05) is 47.4 Å². The Morgan fingerprint density at radius 2 is 1.73 bits per heavy atom. The number of hydrogen-bond acceptors (Lipinski definition) is 7. The summed E-state index contributed by atoms with van der Waals surface area (Å²) in [7, 11) is 1.55. The minimum Gasteiger partial charge on any atom is -0.497 e. The number of benzene rings is 3. The van der Waals surface area contributed by atoms with Crippen molar-refractivity contribution in [3.63, 3.8) is 0 Å². The molecule has 3 N–H and O–H groups in total. The zero-order valence-corrected chi connectivity index (χ0v) is 25.3. The summed E-state index contributed by atoms with van der Waals surface area (Å²) < 4.78 is 5.43. The monoisotopic (exact) mass is 596 g/mol. The molecule has 0 unspecified atom stereocenters. The van der Waals surface area contributed by atoms with Crippen LogP contribution in [0.4, 0.5) is 17.1 Å². The van der Waals surface area contributed by atoms with Gasteiger partial charge in [0.05, 0.1) is 26.0 Å². The van der Waals surface area contributed by atoms with Gasteiger partial charge in [0.2, 0.25) is 0 Å². The van der Waals surface area contributed by atoms with Gasteiger partial charge in [-0.1, -0.05) is 49.4 Å². The molecule has 44 heavy (non-hydrogen) atoms. The number of hydrogen-bond donors (Lipinski definition) is 3. The van der Waals surface area contributed by atoms with Gasteiger partial charge in [-0.3, -0.25) is 14.5 Å². The Bertz CT molecular complexity index is 1550. The molecule has 2 saturated heterocycles. The topological polar surface area (TPSA) is 106 Å². The molecule has 0 saturated carbocycles. The van der Waals surface area contributed by atoms with Crippen LogP contribution in [0.1, 0.15) is 37.3 Å². The third-order valence-electron chi connectivity index (χ3n) is 9.36. The van der Waals surface area contributed by atoms with Gasteiger partial charge in [-0.15, -0.1) is 0 Å². The van der Waals surface area contributed by atoms with Crippen LogP contribution < -0.4 is 24.8 Å². The van der Waals surface area contributed by atoms with Crippen molar-refractivity contribution < 1.29 is 24.5 Å². The third kappa shape index (κ3) is 4.95. The number of fused-ring (bicyclic) bond motifs is 1. The number of rotatable bonds is 9. The van der Waals surface area contributed by atoms with Gasteiger partial charge in [0.1, 0.15) is 11.3 Å². The maximum atomic E-state index is 14.2. The van der Waals surface area contributed by atoms with Gasteiger partial charge in [0.25, 0.3) is 11.8 Å². The molecule has 230 valence electrons.